The number of benzene rings is 2. The van der Waals surface area contributed by atoms with Gasteiger partial charge in [0.05, 0.1) is 14.2 Å². The van der Waals surface area contributed by atoms with Crippen LogP contribution < -0.4 is 14.2 Å². The summed E-state index contributed by atoms with van der Waals surface area (Å²) in [6.07, 6.45) is 2.73. The molecular weight excluding hydrogens is 382 g/mol. The maximum Gasteiger partial charge on any atom is 0.387 e. The molecule has 0 saturated heterocycles. The Labute approximate surface area is 160 Å². The molecular formula is C19H17ClF2O5. The van der Waals surface area contributed by atoms with Crippen LogP contribution in [0.3, 0.4) is 0 Å². The zero-order chi connectivity index (χ0) is 19.8. The first-order valence-corrected chi connectivity index (χ1v) is 8.11. The summed E-state index contributed by atoms with van der Waals surface area (Å²) in [5, 5.41) is 0.309. The number of rotatable bonds is 8. The van der Waals surface area contributed by atoms with E-state index < -0.39 is 12.6 Å². The molecule has 8 heteroatoms. The quantitative estimate of drug-likeness (QED) is 0.476. The third-order valence-corrected chi connectivity index (χ3v) is 3.66. The lowest BCUT2D eigenvalue weighted by Gasteiger charge is -2.11. The molecule has 0 radical (unpaired) electrons. The van der Waals surface area contributed by atoms with Gasteiger partial charge in [0.1, 0.15) is 12.4 Å². The Morgan fingerprint density at radius 2 is 1.78 bits per heavy atom. The van der Waals surface area contributed by atoms with Crippen molar-refractivity contribution in [2.75, 3.05) is 14.2 Å². The number of halogens is 3. The molecule has 144 valence electrons. The summed E-state index contributed by atoms with van der Waals surface area (Å²) >= 11 is 5.84. The van der Waals surface area contributed by atoms with E-state index >= 15 is 0 Å². The van der Waals surface area contributed by atoms with E-state index in [1.54, 1.807) is 18.2 Å². The fourth-order valence-electron chi connectivity index (χ4n) is 2.19. The molecule has 0 N–H and O–H groups in total. The molecule has 27 heavy (non-hydrogen) atoms. The number of carbonyl (C=O) groups excluding carboxylic acids is 1. The fraction of sp³-hybridized carbons (Fsp3) is 0.211. The highest BCUT2D eigenvalue weighted by molar-refractivity contribution is 6.30. The van der Waals surface area contributed by atoms with Crippen LogP contribution in [0.2, 0.25) is 5.02 Å². The van der Waals surface area contributed by atoms with Gasteiger partial charge in [0, 0.05) is 16.7 Å². The van der Waals surface area contributed by atoms with Crippen LogP contribution in [0, 0.1) is 0 Å². The number of hydrogen-bond donors (Lipinski definition) is 0. The number of hydrogen-bond acceptors (Lipinski definition) is 5. The van der Waals surface area contributed by atoms with Crippen LogP contribution in [0.15, 0.2) is 42.5 Å². The van der Waals surface area contributed by atoms with Gasteiger partial charge in [-0.2, -0.15) is 8.78 Å². The second-order valence-corrected chi connectivity index (χ2v) is 5.62. The largest absolute Gasteiger partial charge is 0.493 e. The van der Waals surface area contributed by atoms with Crippen molar-refractivity contribution in [1.82, 2.24) is 0 Å². The van der Waals surface area contributed by atoms with Gasteiger partial charge in [-0.15, -0.1) is 0 Å². The molecule has 0 unspecified atom stereocenters. The standard InChI is InChI=1S/C19H17ClF2O5/c1-24-16-6-3-12(9-17(16)25-2)4-8-18(23)26-11-13-10-14(20)5-7-15(13)27-19(21)22/h3-10,19H,11H2,1-2H3/b8-4+. The highest BCUT2D eigenvalue weighted by atomic mass is 35.5. The van der Waals surface area contributed by atoms with E-state index in [1.807, 2.05) is 0 Å². The Kier molecular flexibility index (Phi) is 7.43. The summed E-state index contributed by atoms with van der Waals surface area (Å²) < 4.78 is 44.6. The van der Waals surface area contributed by atoms with Crippen molar-refractivity contribution in [2.45, 2.75) is 13.2 Å². The van der Waals surface area contributed by atoms with Gasteiger partial charge >= 0.3 is 12.6 Å². The van der Waals surface area contributed by atoms with Gasteiger partial charge in [-0.3, -0.25) is 0 Å². The molecule has 0 atom stereocenters. The Morgan fingerprint density at radius 1 is 1.07 bits per heavy atom. The Bertz CT molecular complexity index is 824. The average molecular weight is 399 g/mol. The van der Waals surface area contributed by atoms with Gasteiger partial charge in [-0.25, -0.2) is 4.79 Å². The lowest BCUT2D eigenvalue weighted by molar-refractivity contribution is -0.139. The number of ether oxygens (including phenoxy) is 4. The van der Waals surface area contributed by atoms with E-state index in [0.29, 0.717) is 22.1 Å². The Balaban J connectivity index is 2.02. The predicted octanol–water partition coefficient (Wildman–Crippen LogP) is 4.72. The SMILES string of the molecule is COc1ccc(/C=C/C(=O)OCc2cc(Cl)ccc2OC(F)F)cc1OC. The summed E-state index contributed by atoms with van der Waals surface area (Å²) in [7, 11) is 3.02. The van der Waals surface area contributed by atoms with Gasteiger partial charge in [0.15, 0.2) is 11.5 Å². The zero-order valence-corrected chi connectivity index (χ0v) is 15.3. The fourth-order valence-corrected chi connectivity index (χ4v) is 2.38. The first kappa shape index (κ1) is 20.5. The van der Waals surface area contributed by atoms with Crippen LogP contribution in [0.1, 0.15) is 11.1 Å². The van der Waals surface area contributed by atoms with E-state index in [2.05, 4.69) is 4.74 Å². The lowest BCUT2D eigenvalue weighted by atomic mass is 10.2. The minimum atomic E-state index is -2.99. The first-order chi connectivity index (χ1) is 12.9. The van der Waals surface area contributed by atoms with E-state index in [9.17, 15) is 13.6 Å². The second kappa shape index (κ2) is 9.78. The van der Waals surface area contributed by atoms with Crippen LogP contribution in [-0.4, -0.2) is 26.8 Å². The third kappa shape index (κ3) is 6.14. The van der Waals surface area contributed by atoms with Crippen molar-refractivity contribution in [3.8, 4) is 17.2 Å². The molecule has 5 nitrogen and oxygen atoms in total. The molecule has 0 saturated carbocycles. The average Bonchev–Trinajstić information content (AvgIpc) is 2.65. The molecule has 2 rings (SSSR count). The molecule has 0 aliphatic rings. The normalized spacial score (nSPS) is 10.9. The summed E-state index contributed by atoms with van der Waals surface area (Å²) in [4.78, 5) is 11.9. The van der Waals surface area contributed by atoms with Crippen LogP contribution in [0.5, 0.6) is 17.2 Å². The summed E-state index contributed by atoms with van der Waals surface area (Å²) in [5.41, 5.74) is 0.921. The molecule has 0 aromatic heterocycles. The van der Waals surface area contributed by atoms with Crippen molar-refractivity contribution in [2.24, 2.45) is 0 Å². The molecule has 0 fully saturated rings. The monoisotopic (exact) mass is 398 g/mol. The third-order valence-electron chi connectivity index (χ3n) is 3.43. The van der Waals surface area contributed by atoms with Crippen molar-refractivity contribution in [3.63, 3.8) is 0 Å². The van der Waals surface area contributed by atoms with Crippen molar-refractivity contribution in [3.05, 3.63) is 58.6 Å². The predicted molar refractivity (Wildman–Crippen MR) is 96.5 cm³/mol. The summed E-state index contributed by atoms with van der Waals surface area (Å²) in [5.74, 6) is 0.310. The Hall–Kier alpha value is -2.80. The highest BCUT2D eigenvalue weighted by Crippen LogP contribution is 2.28. The lowest BCUT2D eigenvalue weighted by Crippen LogP contribution is -2.07. The van der Waals surface area contributed by atoms with Crippen LogP contribution in [-0.2, 0) is 16.1 Å². The molecule has 2 aromatic rings. The Morgan fingerprint density at radius 3 is 2.44 bits per heavy atom. The van der Waals surface area contributed by atoms with Crippen LogP contribution in [0.4, 0.5) is 8.78 Å². The van der Waals surface area contributed by atoms with Crippen LogP contribution >= 0.6 is 11.6 Å². The molecule has 0 amide bonds. The summed E-state index contributed by atoms with van der Waals surface area (Å²) in [6, 6.07) is 9.21. The smallest absolute Gasteiger partial charge is 0.387 e. The van der Waals surface area contributed by atoms with E-state index in [1.165, 1.54) is 44.6 Å². The second-order valence-electron chi connectivity index (χ2n) is 5.19. The van der Waals surface area contributed by atoms with E-state index in [0.717, 1.165) is 0 Å². The number of methoxy groups -OCH3 is 2. The van der Waals surface area contributed by atoms with Gasteiger partial charge in [0.2, 0.25) is 0 Å². The number of alkyl halides is 2. The zero-order valence-electron chi connectivity index (χ0n) is 14.6. The summed E-state index contributed by atoms with van der Waals surface area (Å²) in [6.45, 7) is -3.26. The first-order valence-electron chi connectivity index (χ1n) is 7.73. The minimum absolute atomic E-state index is 0.105. The van der Waals surface area contributed by atoms with E-state index in [-0.39, 0.29) is 17.9 Å². The van der Waals surface area contributed by atoms with Crippen molar-refractivity contribution in [1.29, 1.82) is 0 Å². The van der Waals surface area contributed by atoms with Crippen LogP contribution in [0.25, 0.3) is 6.08 Å². The highest BCUT2D eigenvalue weighted by Gasteiger charge is 2.12. The molecule has 0 bridgehead atoms. The molecule has 0 spiro atoms. The van der Waals surface area contributed by atoms with E-state index in [4.69, 9.17) is 25.8 Å². The maximum absolute atomic E-state index is 12.4. The van der Waals surface area contributed by atoms with Crippen molar-refractivity contribution < 1.29 is 32.5 Å². The number of esters is 1. The maximum atomic E-state index is 12.4. The van der Waals surface area contributed by atoms with Gasteiger partial charge in [-0.1, -0.05) is 17.7 Å². The number of carbonyl (C=O) groups is 1. The minimum Gasteiger partial charge on any atom is -0.493 e. The van der Waals surface area contributed by atoms with Gasteiger partial charge in [-0.05, 0) is 42.0 Å². The molecule has 2 aromatic carbocycles. The molecule has 0 aliphatic carbocycles. The van der Waals surface area contributed by atoms with Crippen molar-refractivity contribution >= 4 is 23.6 Å². The molecule has 0 aliphatic heterocycles. The molecule has 0 heterocycles. The topological polar surface area (TPSA) is 54.0 Å². The van der Waals surface area contributed by atoms with Gasteiger partial charge < -0.3 is 18.9 Å². The van der Waals surface area contributed by atoms with Gasteiger partial charge in [0.25, 0.3) is 0 Å².